The first-order valence-corrected chi connectivity index (χ1v) is 13.1. The van der Waals surface area contributed by atoms with E-state index in [1.54, 1.807) is 11.8 Å². The Morgan fingerprint density at radius 3 is 2.83 bits per heavy atom. The van der Waals surface area contributed by atoms with Gasteiger partial charge in [-0.2, -0.15) is 0 Å². The normalized spacial score (nSPS) is 17.0. The van der Waals surface area contributed by atoms with Crippen molar-refractivity contribution in [2.45, 2.75) is 16.3 Å². The maximum atomic E-state index is 8.83. The van der Waals surface area contributed by atoms with Crippen LogP contribution in [0.5, 0.6) is 0 Å². The molecule has 4 rings (SSSR count). The van der Waals surface area contributed by atoms with Gasteiger partial charge in [-0.25, -0.2) is 0 Å². The van der Waals surface area contributed by atoms with Crippen LogP contribution < -0.4 is 27.2 Å². The number of amidine groups is 1. The van der Waals surface area contributed by atoms with E-state index >= 15 is 0 Å². The van der Waals surface area contributed by atoms with E-state index in [0.29, 0.717) is 19.8 Å². The zero-order valence-electron chi connectivity index (χ0n) is 16.3. The molecule has 0 atom stereocenters. The van der Waals surface area contributed by atoms with E-state index in [-0.39, 0.29) is 28.1 Å². The standard InChI is InChI=1S/C21H26IN4O2S/c23-14-16-5-6-17-20(13-16)29-19-4-2-1-3-18(19)24-21(17)26-8-7-25(15-22-26)9-11-28-12-10-27/h1-6,13,27H,7-12,14-15,23H2/q-1. The fourth-order valence-corrected chi connectivity index (χ4v) is 7.07. The molecule has 0 aromatic heterocycles. The number of aliphatic hydroxyl groups is 1. The molecular weight excluding hydrogens is 499 g/mol. The average molecular weight is 525 g/mol. The van der Waals surface area contributed by atoms with Crippen LogP contribution in [0.4, 0.5) is 5.69 Å². The predicted octanol–water partition coefficient (Wildman–Crippen LogP) is -0.724. The molecule has 29 heavy (non-hydrogen) atoms. The van der Waals surface area contributed by atoms with Crippen molar-refractivity contribution in [2.24, 2.45) is 10.7 Å². The Kier molecular flexibility index (Phi) is 7.44. The summed E-state index contributed by atoms with van der Waals surface area (Å²) in [5.74, 6) is 1.10. The molecule has 0 bridgehead atoms. The third-order valence-electron chi connectivity index (χ3n) is 4.83. The number of ether oxygens (including phenoxy) is 1. The van der Waals surface area contributed by atoms with Crippen LogP contribution in [-0.4, -0.2) is 63.0 Å². The first-order chi connectivity index (χ1) is 14.3. The number of rotatable bonds is 6. The van der Waals surface area contributed by atoms with Crippen LogP contribution in [0.15, 0.2) is 57.2 Å². The molecule has 8 heteroatoms. The Balaban J connectivity index is 1.54. The number of halogens is 1. The third-order valence-corrected chi connectivity index (χ3v) is 8.99. The van der Waals surface area contributed by atoms with Crippen LogP contribution in [0.1, 0.15) is 11.1 Å². The number of hydrogen-bond donors (Lipinski definition) is 2. The number of nitrogens with zero attached hydrogens (tertiary/aromatic N) is 3. The molecule has 0 unspecified atom stereocenters. The summed E-state index contributed by atoms with van der Waals surface area (Å²) in [7, 11) is 0. The van der Waals surface area contributed by atoms with Gasteiger partial charge in [0.15, 0.2) is 0 Å². The van der Waals surface area contributed by atoms with Gasteiger partial charge >= 0.3 is 187 Å². The number of alkyl halides is 1. The van der Waals surface area contributed by atoms with E-state index in [2.05, 4.69) is 50.5 Å². The van der Waals surface area contributed by atoms with Gasteiger partial charge in [0.05, 0.1) is 0 Å². The first-order valence-electron chi connectivity index (χ1n) is 9.75. The molecular formula is C21H26IN4O2S-. The van der Waals surface area contributed by atoms with Crippen molar-refractivity contribution < 1.29 is 31.3 Å². The van der Waals surface area contributed by atoms with Gasteiger partial charge in [0.25, 0.3) is 0 Å². The number of nitrogens with two attached hydrogens (primary N) is 1. The van der Waals surface area contributed by atoms with E-state index in [9.17, 15) is 0 Å². The molecule has 2 aromatic rings. The average Bonchev–Trinajstić information content (AvgIpc) is 2.93. The Morgan fingerprint density at radius 2 is 2.03 bits per heavy atom. The van der Waals surface area contributed by atoms with Gasteiger partial charge in [-0.1, -0.05) is 0 Å². The zero-order valence-corrected chi connectivity index (χ0v) is 19.2. The van der Waals surface area contributed by atoms with Gasteiger partial charge in [0.1, 0.15) is 0 Å². The van der Waals surface area contributed by atoms with Crippen molar-refractivity contribution in [1.82, 2.24) is 8.01 Å². The van der Waals surface area contributed by atoms with Gasteiger partial charge in [-0.05, 0) is 0 Å². The number of hydrogen-bond acceptors (Lipinski definition) is 7. The maximum absolute atomic E-state index is 8.83. The molecule has 6 nitrogen and oxygen atoms in total. The second-order valence-electron chi connectivity index (χ2n) is 6.82. The number of aliphatic imine (C=N–C) groups is 1. The van der Waals surface area contributed by atoms with Gasteiger partial charge in [0, 0.05) is 0 Å². The molecule has 2 heterocycles. The monoisotopic (exact) mass is 525 g/mol. The Hall–Kier alpha value is -1.17. The minimum atomic E-state index is -0.194. The molecule has 0 radical (unpaired) electrons. The van der Waals surface area contributed by atoms with E-state index in [1.807, 2.05) is 0 Å². The SMILES string of the molecule is NCc1ccc2c(c1)Sc1ccccc1N=C2N1CCN(CCOCCO)C[I-]1. The topological polar surface area (TPSA) is 74.3 Å². The fourth-order valence-electron chi connectivity index (χ4n) is 3.26. The molecule has 2 aromatic carbocycles. The summed E-state index contributed by atoms with van der Waals surface area (Å²) in [6.07, 6.45) is 0. The third kappa shape index (κ3) is 5.12. The Bertz CT molecular complexity index is 872. The molecule has 0 saturated carbocycles. The molecule has 3 N–H and O–H groups in total. The molecule has 0 aliphatic carbocycles. The molecule has 2 aliphatic rings. The van der Waals surface area contributed by atoms with E-state index in [1.165, 1.54) is 15.4 Å². The van der Waals surface area contributed by atoms with Crippen molar-refractivity contribution in [3.63, 3.8) is 0 Å². The molecule has 1 saturated heterocycles. The van der Waals surface area contributed by atoms with E-state index in [4.69, 9.17) is 20.6 Å². The molecule has 0 amide bonds. The van der Waals surface area contributed by atoms with Crippen LogP contribution in [0.3, 0.4) is 0 Å². The van der Waals surface area contributed by atoms with Crippen LogP contribution in [0.25, 0.3) is 0 Å². The fraction of sp³-hybridized carbons (Fsp3) is 0.381. The van der Waals surface area contributed by atoms with Gasteiger partial charge < -0.3 is 0 Å². The van der Waals surface area contributed by atoms with Crippen molar-refractivity contribution in [1.29, 1.82) is 0 Å². The van der Waals surface area contributed by atoms with E-state index in [0.717, 1.165) is 41.3 Å². The molecule has 0 spiro atoms. The number of benzene rings is 2. The van der Waals surface area contributed by atoms with Crippen molar-refractivity contribution in [3.8, 4) is 0 Å². The van der Waals surface area contributed by atoms with Gasteiger partial charge in [-0.15, -0.1) is 0 Å². The first kappa shape index (κ1) is 21.1. The van der Waals surface area contributed by atoms with Gasteiger partial charge in [0.2, 0.25) is 0 Å². The second kappa shape index (κ2) is 10.2. The van der Waals surface area contributed by atoms with Crippen molar-refractivity contribution in [2.75, 3.05) is 44.0 Å². The zero-order chi connectivity index (χ0) is 20.1. The minimum absolute atomic E-state index is 0.0886. The molecule has 2 aliphatic heterocycles. The quantitative estimate of drug-likeness (QED) is 0.171. The van der Waals surface area contributed by atoms with Crippen LogP contribution >= 0.6 is 11.8 Å². The van der Waals surface area contributed by atoms with Gasteiger partial charge in [-0.3, -0.25) is 0 Å². The van der Waals surface area contributed by atoms with Crippen molar-refractivity contribution >= 4 is 23.3 Å². The van der Waals surface area contributed by atoms with E-state index < -0.39 is 0 Å². The van der Waals surface area contributed by atoms with Crippen LogP contribution in [0.2, 0.25) is 0 Å². The Labute approximate surface area is 186 Å². The Morgan fingerprint density at radius 1 is 1.14 bits per heavy atom. The molecule has 156 valence electrons. The summed E-state index contributed by atoms with van der Waals surface area (Å²) in [4.78, 5) is 10.0. The predicted molar refractivity (Wildman–Crippen MR) is 112 cm³/mol. The van der Waals surface area contributed by atoms with Crippen molar-refractivity contribution in [3.05, 3.63) is 53.6 Å². The molecule has 1 fully saturated rings. The number of fused-ring (bicyclic) bond motifs is 2. The summed E-state index contributed by atoms with van der Waals surface area (Å²) in [6.45, 7) is 4.65. The summed E-state index contributed by atoms with van der Waals surface area (Å²) in [6, 6.07) is 14.9. The summed E-state index contributed by atoms with van der Waals surface area (Å²) < 4.78 is 9.02. The van der Waals surface area contributed by atoms with Crippen LogP contribution in [-0.2, 0) is 11.3 Å². The second-order valence-corrected chi connectivity index (χ2v) is 10.4. The summed E-state index contributed by atoms with van der Waals surface area (Å²) in [5.41, 5.74) is 9.30. The summed E-state index contributed by atoms with van der Waals surface area (Å²) >= 11 is 1.59. The number of para-hydroxylation sites is 1. The summed E-state index contributed by atoms with van der Waals surface area (Å²) in [5, 5.41) is 8.83. The number of aliphatic hydroxyl groups excluding tert-OH is 1. The van der Waals surface area contributed by atoms with Crippen LogP contribution in [0, 0.1) is 0 Å².